The molecule has 0 bridgehead atoms. The molecule has 10 nitrogen and oxygen atoms in total. The van der Waals surface area contributed by atoms with Crippen LogP contribution in [0.2, 0.25) is 0 Å². The molecule has 0 radical (unpaired) electrons. The number of aromatic hydroxyl groups is 1. The van der Waals surface area contributed by atoms with Crippen molar-refractivity contribution in [2.45, 2.75) is 191 Å². The van der Waals surface area contributed by atoms with E-state index in [0.29, 0.717) is 11.5 Å². The Bertz CT molecular complexity index is 1970. The zero-order valence-corrected chi connectivity index (χ0v) is 43.0. The third kappa shape index (κ3) is 25.8. The molecule has 0 amide bonds. The summed E-state index contributed by atoms with van der Waals surface area (Å²) < 4.78 is 76.9. The quantitative estimate of drug-likeness (QED) is 0.0272. The smallest absolute Gasteiger partial charge is 0.872 e. The maximum absolute atomic E-state index is 11.6. The van der Waals surface area contributed by atoms with Gasteiger partial charge in [0, 0.05) is 6.07 Å². The first-order chi connectivity index (χ1) is 30.8. The standard InChI is InChI=1S/2C26H38O5S.Ca/c2*1-2-3-4-5-6-7-8-9-10-11-12-13-15-22-16-14-17-23(20-22)31-24-18-19-25(27)26(21-24)32(28,29)30;/h2*14,16-21,27H,2-13,15H2,1H3,(H,28,29,30);/q;;+2/p-2. The molecular weight excluding hydrogens is 889 g/mol. The van der Waals surface area contributed by atoms with Gasteiger partial charge < -0.3 is 24.2 Å². The number of hydrogen-bond acceptors (Lipinski definition) is 9. The molecule has 0 spiro atoms. The van der Waals surface area contributed by atoms with Gasteiger partial charge in [0.2, 0.25) is 0 Å². The fourth-order valence-electron chi connectivity index (χ4n) is 7.65. The maximum atomic E-state index is 11.6. The van der Waals surface area contributed by atoms with Crippen LogP contribution in [-0.2, 0) is 33.1 Å². The summed E-state index contributed by atoms with van der Waals surface area (Å²) in [7, 11) is -9.35. The first-order valence-corrected chi connectivity index (χ1v) is 26.8. The average Bonchev–Trinajstić information content (AvgIpc) is 3.25. The van der Waals surface area contributed by atoms with Gasteiger partial charge in [0.15, 0.2) is 0 Å². The molecule has 0 unspecified atom stereocenters. The summed E-state index contributed by atoms with van der Waals surface area (Å²) in [6, 6.07) is 22.5. The topological polar surface area (TPSA) is 173 Å². The Morgan fingerprint density at radius 2 is 0.800 bits per heavy atom. The van der Waals surface area contributed by atoms with Crippen LogP contribution in [-0.4, -0.2) is 68.8 Å². The predicted octanol–water partition coefficient (Wildman–Crippen LogP) is 14.0. The number of phenols is 1. The minimum Gasteiger partial charge on any atom is -0.872 e. The SMILES string of the molecule is CCCCCCCCCCCCCCc1cccc(Oc2ccc(O)c(S(=O)(=O)O)c2)c1.CCCCCCCCCCCCCCc1cccc(Oc2ccc([O-])c(S(=O)(=O)[O-])c2)c1.[Ca+2]. The van der Waals surface area contributed by atoms with Gasteiger partial charge in [0.05, 0.1) is 4.90 Å². The van der Waals surface area contributed by atoms with Gasteiger partial charge in [-0.3, -0.25) is 4.55 Å². The van der Waals surface area contributed by atoms with Crippen LogP contribution in [0, 0.1) is 0 Å². The summed E-state index contributed by atoms with van der Waals surface area (Å²) in [6.07, 6.45) is 33.6. The van der Waals surface area contributed by atoms with Crippen LogP contribution in [0.1, 0.15) is 179 Å². The predicted molar refractivity (Wildman–Crippen MR) is 260 cm³/mol. The van der Waals surface area contributed by atoms with Crippen LogP contribution in [0.25, 0.3) is 0 Å². The number of rotatable bonds is 32. The van der Waals surface area contributed by atoms with Gasteiger partial charge in [-0.2, -0.15) is 8.42 Å². The van der Waals surface area contributed by atoms with Crippen LogP contribution in [0.5, 0.6) is 34.5 Å². The molecule has 4 aromatic carbocycles. The number of ether oxygens (including phenoxy) is 2. The van der Waals surface area contributed by atoms with Gasteiger partial charge in [-0.25, -0.2) is 8.42 Å². The third-order valence-corrected chi connectivity index (χ3v) is 13.0. The second kappa shape index (κ2) is 33.6. The van der Waals surface area contributed by atoms with E-state index in [9.17, 15) is 36.2 Å². The second-order valence-corrected chi connectivity index (χ2v) is 19.7. The van der Waals surface area contributed by atoms with Crippen molar-refractivity contribution in [2.75, 3.05) is 0 Å². The van der Waals surface area contributed by atoms with Gasteiger partial charge in [0.1, 0.15) is 43.8 Å². The van der Waals surface area contributed by atoms with E-state index in [2.05, 4.69) is 19.9 Å². The Hall–Kier alpha value is -2.84. The first kappa shape index (κ1) is 58.3. The van der Waals surface area contributed by atoms with Crippen molar-refractivity contribution >= 4 is 58.0 Å². The van der Waals surface area contributed by atoms with Crippen molar-refractivity contribution in [3.63, 3.8) is 0 Å². The van der Waals surface area contributed by atoms with Crippen molar-refractivity contribution in [3.05, 3.63) is 96.1 Å². The van der Waals surface area contributed by atoms with Crippen LogP contribution in [0.15, 0.2) is 94.7 Å². The van der Waals surface area contributed by atoms with Crippen molar-refractivity contribution in [1.29, 1.82) is 0 Å². The fourth-order valence-corrected chi connectivity index (χ4v) is 8.83. The van der Waals surface area contributed by atoms with E-state index < -0.39 is 41.5 Å². The average molecular weight is 963 g/mol. The van der Waals surface area contributed by atoms with Crippen molar-refractivity contribution in [2.24, 2.45) is 0 Å². The molecule has 0 saturated carbocycles. The molecular formula is C52H74CaO10S2. The third-order valence-electron chi connectivity index (χ3n) is 11.3. The Labute approximate surface area is 421 Å². The van der Waals surface area contributed by atoms with E-state index in [-0.39, 0.29) is 49.2 Å². The Morgan fingerprint density at radius 3 is 1.17 bits per heavy atom. The zero-order valence-electron chi connectivity index (χ0n) is 39.2. The molecule has 0 aliphatic heterocycles. The summed E-state index contributed by atoms with van der Waals surface area (Å²) in [4.78, 5) is -1.36. The number of unbranched alkanes of at least 4 members (excludes halogenated alkanes) is 22. The monoisotopic (exact) mass is 962 g/mol. The molecule has 4 rings (SSSR count). The van der Waals surface area contributed by atoms with E-state index >= 15 is 0 Å². The number of benzene rings is 4. The Balaban J connectivity index is 0.000000440. The summed E-state index contributed by atoms with van der Waals surface area (Å²) in [5.74, 6) is 0.191. The number of hydrogen-bond donors (Lipinski definition) is 2. The molecule has 0 saturated heterocycles. The second-order valence-electron chi connectivity index (χ2n) is 16.9. The van der Waals surface area contributed by atoms with Gasteiger partial charge in [-0.1, -0.05) is 191 Å². The van der Waals surface area contributed by atoms with Crippen molar-refractivity contribution < 1.29 is 45.6 Å². The number of aryl methyl sites for hydroxylation is 2. The molecule has 0 fully saturated rings. The van der Waals surface area contributed by atoms with E-state index in [1.807, 2.05) is 30.3 Å². The molecule has 2 N–H and O–H groups in total. The minimum atomic E-state index is -4.83. The molecule has 356 valence electrons. The number of phenolic OH excluding ortho intramolecular Hbond substituents is 1. The largest absolute Gasteiger partial charge is 2.00 e. The Kier molecular flexibility index (Phi) is 30.1. The van der Waals surface area contributed by atoms with E-state index in [1.54, 1.807) is 12.1 Å². The molecule has 65 heavy (non-hydrogen) atoms. The Morgan fingerprint density at radius 1 is 0.462 bits per heavy atom. The van der Waals surface area contributed by atoms with Gasteiger partial charge in [-0.05, 0) is 85.3 Å². The van der Waals surface area contributed by atoms with E-state index in [0.717, 1.165) is 49.4 Å². The normalized spacial score (nSPS) is 11.4. The van der Waals surface area contributed by atoms with Gasteiger partial charge in [-0.15, -0.1) is 0 Å². The van der Waals surface area contributed by atoms with Crippen molar-refractivity contribution in [1.82, 2.24) is 0 Å². The summed E-state index contributed by atoms with van der Waals surface area (Å²) in [5.41, 5.74) is 2.31. The summed E-state index contributed by atoms with van der Waals surface area (Å²) >= 11 is 0. The molecule has 0 heterocycles. The molecule has 4 aromatic rings. The van der Waals surface area contributed by atoms with Crippen LogP contribution in [0.3, 0.4) is 0 Å². The first-order valence-electron chi connectivity index (χ1n) is 23.9. The van der Waals surface area contributed by atoms with E-state index in [1.165, 1.54) is 165 Å². The molecule has 0 aliphatic rings. The minimum absolute atomic E-state index is 0. The van der Waals surface area contributed by atoms with E-state index in [4.69, 9.17) is 9.47 Å². The summed E-state index contributed by atoms with van der Waals surface area (Å²) in [5, 5.41) is 21.2. The molecule has 0 aliphatic carbocycles. The van der Waals surface area contributed by atoms with Crippen LogP contribution in [0.4, 0.5) is 0 Å². The van der Waals surface area contributed by atoms with Gasteiger partial charge >= 0.3 is 37.7 Å². The van der Waals surface area contributed by atoms with Crippen molar-refractivity contribution in [3.8, 4) is 34.5 Å². The molecule has 13 heteroatoms. The van der Waals surface area contributed by atoms with Crippen LogP contribution >= 0.6 is 0 Å². The molecule has 0 aromatic heterocycles. The maximum Gasteiger partial charge on any atom is 2.00 e. The molecule has 0 atom stereocenters. The van der Waals surface area contributed by atoms with Gasteiger partial charge in [0.25, 0.3) is 10.1 Å². The van der Waals surface area contributed by atoms with Crippen LogP contribution < -0.4 is 14.6 Å². The zero-order chi connectivity index (χ0) is 46.5. The summed E-state index contributed by atoms with van der Waals surface area (Å²) in [6.45, 7) is 4.51. The fraction of sp³-hybridized carbons (Fsp3) is 0.538.